The molecule has 0 bridgehead atoms. The fraction of sp³-hybridized carbons (Fsp3) is 0.538. The number of hydrogen-bond donors (Lipinski definition) is 1. The maximum atomic E-state index is 5.05. The molecule has 2 heterocycles. The molecule has 0 aromatic carbocycles. The summed E-state index contributed by atoms with van der Waals surface area (Å²) in [4.78, 5) is 13.3. The molecule has 0 atom stereocenters. The van der Waals surface area contributed by atoms with Crippen molar-refractivity contribution in [1.82, 2.24) is 24.7 Å². The fourth-order valence-corrected chi connectivity index (χ4v) is 2.32. The molecule has 0 saturated carbocycles. The van der Waals surface area contributed by atoms with Crippen molar-refractivity contribution >= 4 is 17.7 Å². The summed E-state index contributed by atoms with van der Waals surface area (Å²) in [7, 11) is 1.70. The minimum absolute atomic E-state index is 0.530. The third-order valence-corrected chi connectivity index (χ3v) is 3.50. The number of thioether (sulfide) groups is 1. The Labute approximate surface area is 128 Å². The molecule has 2 aromatic rings. The quantitative estimate of drug-likeness (QED) is 0.561. The van der Waals surface area contributed by atoms with Gasteiger partial charge in [0.05, 0.1) is 0 Å². The van der Waals surface area contributed by atoms with Gasteiger partial charge >= 0.3 is 0 Å². The lowest BCUT2D eigenvalue weighted by molar-refractivity contribution is 0.200. The number of rotatable bonds is 9. The second-order valence-corrected chi connectivity index (χ2v) is 5.38. The number of methoxy groups -OCH3 is 1. The number of hydrogen-bond acceptors (Lipinski definition) is 7. The van der Waals surface area contributed by atoms with Crippen LogP contribution in [-0.4, -0.2) is 50.7 Å². The van der Waals surface area contributed by atoms with Gasteiger partial charge < -0.3 is 10.1 Å². The number of aromatic nitrogens is 5. The van der Waals surface area contributed by atoms with E-state index in [-0.39, 0.29) is 0 Å². The largest absolute Gasteiger partial charge is 0.385 e. The van der Waals surface area contributed by atoms with Crippen molar-refractivity contribution in [1.29, 1.82) is 0 Å². The molecule has 21 heavy (non-hydrogen) atoms. The molecule has 0 unspecified atom stereocenters. The van der Waals surface area contributed by atoms with Gasteiger partial charge in [-0.1, -0.05) is 18.7 Å². The van der Waals surface area contributed by atoms with Crippen LogP contribution in [0, 0.1) is 0 Å². The van der Waals surface area contributed by atoms with Gasteiger partial charge in [-0.05, 0) is 18.9 Å². The van der Waals surface area contributed by atoms with Gasteiger partial charge in [-0.3, -0.25) is 0 Å². The molecule has 0 aliphatic rings. The van der Waals surface area contributed by atoms with Gasteiger partial charge in [-0.2, -0.15) is 20.1 Å². The second-order valence-electron chi connectivity index (χ2n) is 4.31. The van der Waals surface area contributed by atoms with Gasteiger partial charge in [0.25, 0.3) is 5.95 Å². The van der Waals surface area contributed by atoms with E-state index in [0.717, 1.165) is 31.7 Å². The second kappa shape index (κ2) is 8.58. The lowest BCUT2D eigenvalue weighted by Crippen LogP contribution is -2.10. The van der Waals surface area contributed by atoms with Crippen molar-refractivity contribution in [3.8, 4) is 5.95 Å². The summed E-state index contributed by atoms with van der Waals surface area (Å²) in [6.07, 6.45) is 5.49. The average Bonchev–Trinajstić information content (AvgIpc) is 3.04. The predicted octanol–water partition coefficient (Wildman–Crippen LogP) is 2.01. The zero-order valence-electron chi connectivity index (χ0n) is 12.3. The highest BCUT2D eigenvalue weighted by Crippen LogP contribution is 2.17. The van der Waals surface area contributed by atoms with E-state index >= 15 is 0 Å². The summed E-state index contributed by atoms with van der Waals surface area (Å²) < 4.78 is 6.68. The summed E-state index contributed by atoms with van der Waals surface area (Å²) in [6, 6.07) is 1.84. The van der Waals surface area contributed by atoms with Gasteiger partial charge in [0, 0.05) is 38.4 Å². The molecule has 2 rings (SSSR count). The van der Waals surface area contributed by atoms with Crippen LogP contribution in [0.4, 0.5) is 5.95 Å². The smallest absolute Gasteiger partial charge is 0.256 e. The van der Waals surface area contributed by atoms with Crippen LogP contribution in [0.2, 0.25) is 0 Å². The Kier molecular flexibility index (Phi) is 6.42. The van der Waals surface area contributed by atoms with E-state index in [1.54, 1.807) is 29.8 Å². The number of nitrogens with one attached hydrogen (secondary N) is 1. The monoisotopic (exact) mass is 308 g/mol. The normalized spacial score (nSPS) is 10.8. The van der Waals surface area contributed by atoms with Crippen molar-refractivity contribution in [2.75, 3.05) is 31.3 Å². The molecule has 2 aromatic heterocycles. The molecule has 0 aliphatic heterocycles. The highest BCUT2D eigenvalue weighted by atomic mass is 32.2. The molecular weight excluding hydrogens is 288 g/mol. The lowest BCUT2D eigenvalue weighted by Gasteiger charge is -2.08. The topological polar surface area (TPSA) is 77.8 Å². The molecule has 0 radical (unpaired) electrons. The van der Waals surface area contributed by atoms with Gasteiger partial charge in [0.2, 0.25) is 5.95 Å². The Hall–Kier alpha value is -1.67. The Bertz CT molecular complexity index is 533. The van der Waals surface area contributed by atoms with Crippen LogP contribution < -0.4 is 5.32 Å². The molecule has 114 valence electrons. The standard InChI is InChI=1S/C13H20N6OS/c1-3-6-14-11-16-12(19-8-4-7-15-19)18-13(17-11)21-10-5-9-20-2/h4,7-8H,3,5-6,9-10H2,1-2H3,(H,14,16,17,18). The minimum Gasteiger partial charge on any atom is -0.385 e. The minimum atomic E-state index is 0.530. The van der Waals surface area contributed by atoms with Crippen LogP contribution in [0.5, 0.6) is 0 Å². The first kappa shape index (κ1) is 15.7. The Balaban J connectivity index is 2.12. The summed E-state index contributed by atoms with van der Waals surface area (Å²) >= 11 is 1.60. The maximum absolute atomic E-state index is 5.05. The molecule has 8 heteroatoms. The van der Waals surface area contributed by atoms with Crippen LogP contribution in [-0.2, 0) is 4.74 Å². The molecular formula is C13H20N6OS. The zero-order valence-corrected chi connectivity index (χ0v) is 13.1. The van der Waals surface area contributed by atoms with Crippen LogP contribution in [0.15, 0.2) is 23.6 Å². The lowest BCUT2D eigenvalue weighted by atomic mass is 10.5. The van der Waals surface area contributed by atoms with Crippen molar-refractivity contribution < 1.29 is 4.74 Å². The van der Waals surface area contributed by atoms with Crippen molar-refractivity contribution in [2.24, 2.45) is 0 Å². The third-order valence-electron chi connectivity index (χ3n) is 2.57. The van der Waals surface area contributed by atoms with Crippen LogP contribution in [0.25, 0.3) is 5.95 Å². The van der Waals surface area contributed by atoms with E-state index in [4.69, 9.17) is 4.74 Å². The molecule has 0 fully saturated rings. The van der Waals surface area contributed by atoms with E-state index in [0.29, 0.717) is 17.1 Å². The number of anilines is 1. The molecule has 1 N–H and O–H groups in total. The van der Waals surface area contributed by atoms with Gasteiger partial charge in [-0.15, -0.1) is 0 Å². The molecule has 0 amide bonds. The number of nitrogens with zero attached hydrogens (tertiary/aromatic N) is 5. The maximum Gasteiger partial charge on any atom is 0.256 e. The van der Waals surface area contributed by atoms with Crippen LogP contribution in [0.1, 0.15) is 19.8 Å². The highest BCUT2D eigenvalue weighted by Gasteiger charge is 2.08. The van der Waals surface area contributed by atoms with Gasteiger partial charge in [0.1, 0.15) is 0 Å². The number of ether oxygens (including phenoxy) is 1. The first-order valence-electron chi connectivity index (χ1n) is 6.95. The third kappa shape index (κ3) is 4.98. The van der Waals surface area contributed by atoms with E-state index < -0.39 is 0 Å². The summed E-state index contributed by atoms with van der Waals surface area (Å²) in [5.74, 6) is 2.03. The van der Waals surface area contributed by atoms with Gasteiger partial charge in [0.15, 0.2) is 5.16 Å². The van der Waals surface area contributed by atoms with E-state index in [9.17, 15) is 0 Å². The molecule has 0 spiro atoms. The first-order chi connectivity index (χ1) is 10.3. The zero-order chi connectivity index (χ0) is 14.9. The van der Waals surface area contributed by atoms with Crippen molar-refractivity contribution in [3.63, 3.8) is 0 Å². The summed E-state index contributed by atoms with van der Waals surface area (Å²) in [6.45, 7) is 3.67. The van der Waals surface area contributed by atoms with E-state index in [1.807, 2.05) is 12.3 Å². The first-order valence-corrected chi connectivity index (χ1v) is 7.93. The van der Waals surface area contributed by atoms with Gasteiger partial charge in [-0.25, -0.2) is 4.68 Å². The average molecular weight is 308 g/mol. The van der Waals surface area contributed by atoms with E-state index in [1.165, 1.54) is 0 Å². The Morgan fingerprint density at radius 3 is 2.95 bits per heavy atom. The highest BCUT2D eigenvalue weighted by molar-refractivity contribution is 7.99. The van der Waals surface area contributed by atoms with Crippen LogP contribution >= 0.6 is 11.8 Å². The van der Waals surface area contributed by atoms with Crippen LogP contribution in [0.3, 0.4) is 0 Å². The van der Waals surface area contributed by atoms with Crippen molar-refractivity contribution in [3.05, 3.63) is 18.5 Å². The molecule has 0 saturated heterocycles. The Morgan fingerprint density at radius 1 is 1.33 bits per heavy atom. The molecule has 7 nitrogen and oxygen atoms in total. The Morgan fingerprint density at radius 2 is 2.24 bits per heavy atom. The summed E-state index contributed by atoms with van der Waals surface area (Å²) in [5.41, 5.74) is 0. The van der Waals surface area contributed by atoms with Crippen molar-refractivity contribution in [2.45, 2.75) is 24.9 Å². The predicted molar refractivity (Wildman–Crippen MR) is 82.9 cm³/mol. The van der Waals surface area contributed by atoms with E-state index in [2.05, 4.69) is 32.3 Å². The SMILES string of the molecule is CCCNc1nc(SCCCOC)nc(-n2cccn2)n1. The molecule has 0 aliphatic carbocycles. The fourth-order valence-electron chi connectivity index (χ4n) is 1.58. The summed E-state index contributed by atoms with van der Waals surface area (Å²) in [5, 5.41) is 8.06.